The van der Waals surface area contributed by atoms with E-state index in [9.17, 15) is 9.59 Å². The maximum Gasteiger partial charge on any atom is 0.281 e. The van der Waals surface area contributed by atoms with Crippen LogP contribution in [0.1, 0.15) is 31.2 Å². The maximum atomic E-state index is 13.3. The highest BCUT2D eigenvalue weighted by molar-refractivity contribution is 7.80. The molecule has 2 fully saturated rings. The first-order chi connectivity index (χ1) is 16.0. The Kier molecular flexibility index (Phi) is 5.72. The molecule has 0 atom stereocenters. The van der Waals surface area contributed by atoms with Crippen molar-refractivity contribution in [1.82, 2.24) is 14.8 Å². The summed E-state index contributed by atoms with van der Waals surface area (Å²) in [5.74, 6) is -0.142. The summed E-state index contributed by atoms with van der Waals surface area (Å²) in [5.41, 5.74) is 3.09. The van der Waals surface area contributed by atoms with Crippen molar-refractivity contribution >= 4 is 51.8 Å². The Bertz CT molecular complexity index is 1260. The Morgan fingerprint density at radius 3 is 2.55 bits per heavy atom. The summed E-state index contributed by atoms with van der Waals surface area (Å²) in [6.45, 7) is 0.249. The molecule has 0 bridgehead atoms. The number of nitrogens with zero attached hydrogens (tertiary/aromatic N) is 3. The van der Waals surface area contributed by atoms with Gasteiger partial charge in [-0.1, -0.05) is 49.2 Å². The van der Waals surface area contributed by atoms with Crippen LogP contribution in [0.15, 0.2) is 66.5 Å². The van der Waals surface area contributed by atoms with E-state index in [1.807, 2.05) is 78.5 Å². The Hall–Kier alpha value is -3.45. The topological polar surface area (TPSA) is 57.6 Å². The van der Waals surface area contributed by atoms with Crippen LogP contribution in [-0.2, 0) is 16.1 Å². The minimum Gasteiger partial charge on any atom is -0.352 e. The average molecular weight is 459 g/mol. The van der Waals surface area contributed by atoms with Crippen LogP contribution in [0.2, 0.25) is 0 Å². The number of thiocarbonyl (C=S) groups is 1. The third kappa shape index (κ3) is 4.04. The van der Waals surface area contributed by atoms with E-state index in [2.05, 4.69) is 5.32 Å². The van der Waals surface area contributed by atoms with Gasteiger partial charge >= 0.3 is 0 Å². The summed E-state index contributed by atoms with van der Waals surface area (Å²) in [4.78, 5) is 29.3. The summed E-state index contributed by atoms with van der Waals surface area (Å²) in [6.07, 6.45) is 8.28. The number of carbonyl (C=O) groups excluding carboxylic acids is 2. The quantitative estimate of drug-likeness (QED) is 0.457. The van der Waals surface area contributed by atoms with Gasteiger partial charge in [-0.15, -0.1) is 0 Å². The number of aromatic nitrogens is 1. The Morgan fingerprint density at radius 1 is 1.09 bits per heavy atom. The summed E-state index contributed by atoms with van der Waals surface area (Å²) >= 11 is 5.57. The molecule has 0 unspecified atom stereocenters. The summed E-state index contributed by atoms with van der Waals surface area (Å²) in [5, 5.41) is 4.59. The number of likely N-dealkylation sites (N-methyl/N-ethyl adjacent to an activating group) is 1. The number of nitrogens with one attached hydrogen (secondary N) is 1. The SMILES string of the molecule is CN1C(=S)N(c2ccccc2)C(=O)C1=Cc1cn(CC(=O)NC2CCCC2)c2ccccc12. The fourth-order valence-corrected chi connectivity index (χ4v) is 5.01. The average Bonchev–Trinajstić information content (AvgIpc) is 3.50. The lowest BCUT2D eigenvalue weighted by molar-refractivity contribution is -0.122. The number of hydrogen-bond donors (Lipinski definition) is 1. The van der Waals surface area contributed by atoms with Crippen molar-refractivity contribution in [2.24, 2.45) is 0 Å². The van der Waals surface area contributed by atoms with E-state index >= 15 is 0 Å². The largest absolute Gasteiger partial charge is 0.352 e. The smallest absolute Gasteiger partial charge is 0.281 e. The summed E-state index contributed by atoms with van der Waals surface area (Å²) < 4.78 is 1.96. The normalized spacial score (nSPS) is 18.2. The summed E-state index contributed by atoms with van der Waals surface area (Å²) in [6, 6.07) is 17.7. The zero-order valence-electron chi connectivity index (χ0n) is 18.5. The first-order valence-corrected chi connectivity index (χ1v) is 11.7. The second kappa shape index (κ2) is 8.83. The second-order valence-electron chi connectivity index (χ2n) is 8.63. The van der Waals surface area contributed by atoms with Crippen molar-refractivity contribution in [3.8, 4) is 0 Å². The molecule has 2 aliphatic rings. The number of carbonyl (C=O) groups is 2. The van der Waals surface area contributed by atoms with Crippen LogP contribution >= 0.6 is 12.2 Å². The number of benzene rings is 2. The van der Waals surface area contributed by atoms with Gasteiger partial charge in [0.25, 0.3) is 5.91 Å². The van der Waals surface area contributed by atoms with E-state index in [4.69, 9.17) is 12.2 Å². The highest BCUT2D eigenvalue weighted by Crippen LogP contribution is 2.30. The van der Waals surface area contributed by atoms with Crippen LogP contribution in [0.25, 0.3) is 17.0 Å². The summed E-state index contributed by atoms with van der Waals surface area (Å²) in [7, 11) is 1.81. The molecule has 2 aromatic carbocycles. The maximum absolute atomic E-state index is 13.3. The predicted molar refractivity (Wildman–Crippen MR) is 135 cm³/mol. The van der Waals surface area contributed by atoms with Gasteiger partial charge < -0.3 is 14.8 Å². The van der Waals surface area contributed by atoms with Crippen LogP contribution < -0.4 is 10.2 Å². The minimum atomic E-state index is -0.162. The molecule has 1 aliphatic heterocycles. The molecular formula is C26H26N4O2S. The molecular weight excluding hydrogens is 432 g/mol. The van der Waals surface area contributed by atoms with Crippen LogP contribution in [0, 0.1) is 0 Å². The van der Waals surface area contributed by atoms with Crippen LogP contribution in [0.3, 0.4) is 0 Å². The van der Waals surface area contributed by atoms with Gasteiger partial charge in [0.05, 0.1) is 5.69 Å². The van der Waals surface area contributed by atoms with E-state index in [-0.39, 0.29) is 24.4 Å². The van der Waals surface area contributed by atoms with Gasteiger partial charge in [-0.05, 0) is 49.3 Å². The van der Waals surface area contributed by atoms with E-state index < -0.39 is 0 Å². The van der Waals surface area contributed by atoms with Crippen LogP contribution in [0.4, 0.5) is 5.69 Å². The molecule has 0 radical (unpaired) electrons. The second-order valence-corrected chi connectivity index (χ2v) is 8.99. The molecule has 2 amide bonds. The molecule has 1 aliphatic carbocycles. The van der Waals surface area contributed by atoms with E-state index in [0.717, 1.165) is 35.0 Å². The molecule has 0 spiro atoms. The molecule has 33 heavy (non-hydrogen) atoms. The number of hydrogen-bond acceptors (Lipinski definition) is 3. The minimum absolute atomic E-state index is 0.0207. The third-order valence-electron chi connectivity index (χ3n) is 6.42. The monoisotopic (exact) mass is 458 g/mol. The first kappa shape index (κ1) is 21.4. The third-order valence-corrected chi connectivity index (χ3v) is 6.88. The Morgan fingerprint density at radius 2 is 1.79 bits per heavy atom. The molecule has 3 aromatic rings. The van der Waals surface area contributed by atoms with Crippen molar-refractivity contribution in [3.05, 3.63) is 72.1 Å². The fourth-order valence-electron chi connectivity index (χ4n) is 4.73. The lowest BCUT2D eigenvalue weighted by Gasteiger charge is -2.16. The molecule has 5 rings (SSSR count). The predicted octanol–water partition coefficient (Wildman–Crippen LogP) is 4.30. The van der Waals surface area contributed by atoms with Gasteiger partial charge in [0, 0.05) is 35.8 Å². The van der Waals surface area contributed by atoms with Crippen LogP contribution in [-0.4, -0.2) is 39.5 Å². The van der Waals surface area contributed by atoms with Gasteiger partial charge in [0.15, 0.2) is 5.11 Å². The van der Waals surface area contributed by atoms with Gasteiger partial charge in [-0.2, -0.15) is 0 Å². The Labute approximate surface area is 198 Å². The zero-order valence-corrected chi connectivity index (χ0v) is 19.3. The molecule has 7 heteroatoms. The molecule has 1 aromatic heterocycles. The van der Waals surface area contributed by atoms with Gasteiger partial charge in [0.2, 0.25) is 5.91 Å². The van der Waals surface area contributed by atoms with Crippen molar-refractivity contribution in [1.29, 1.82) is 0 Å². The molecule has 1 saturated heterocycles. The van der Waals surface area contributed by atoms with E-state index in [1.54, 1.807) is 9.80 Å². The Balaban J connectivity index is 1.47. The lowest BCUT2D eigenvalue weighted by atomic mass is 10.1. The number of fused-ring (bicyclic) bond motifs is 1. The zero-order chi connectivity index (χ0) is 22.9. The van der Waals surface area contributed by atoms with Crippen molar-refractivity contribution < 1.29 is 9.59 Å². The van der Waals surface area contributed by atoms with Crippen LogP contribution in [0.5, 0.6) is 0 Å². The van der Waals surface area contributed by atoms with E-state index in [1.165, 1.54) is 12.8 Å². The first-order valence-electron chi connectivity index (χ1n) is 11.3. The number of anilines is 1. The molecule has 168 valence electrons. The van der Waals surface area contributed by atoms with Crippen molar-refractivity contribution in [2.45, 2.75) is 38.3 Å². The number of rotatable bonds is 5. The molecule has 2 heterocycles. The highest BCUT2D eigenvalue weighted by Gasteiger charge is 2.36. The van der Waals surface area contributed by atoms with Gasteiger partial charge in [-0.3, -0.25) is 14.5 Å². The molecule has 1 N–H and O–H groups in total. The number of amides is 2. The fraction of sp³-hybridized carbons (Fsp3) is 0.269. The van der Waals surface area contributed by atoms with E-state index in [0.29, 0.717) is 10.8 Å². The van der Waals surface area contributed by atoms with Crippen molar-refractivity contribution in [3.63, 3.8) is 0 Å². The molecule has 6 nitrogen and oxygen atoms in total. The lowest BCUT2D eigenvalue weighted by Crippen LogP contribution is -2.35. The van der Waals surface area contributed by atoms with Crippen molar-refractivity contribution in [2.75, 3.05) is 11.9 Å². The molecule has 1 saturated carbocycles. The van der Waals surface area contributed by atoms with Gasteiger partial charge in [0.1, 0.15) is 12.2 Å². The standard InChI is InChI=1S/C26H26N4O2S/c1-28-23(25(32)30(26(28)33)20-11-3-2-4-12-20)15-18-16-29(22-14-8-7-13-21(18)22)17-24(31)27-19-9-5-6-10-19/h2-4,7-8,11-16,19H,5-6,9-10,17H2,1H3,(H,27,31). The van der Waals surface area contributed by atoms with Gasteiger partial charge in [-0.25, -0.2) is 0 Å². The highest BCUT2D eigenvalue weighted by atomic mass is 32.1. The number of para-hydroxylation sites is 2.